The number of unbranched alkanes of at least 4 members (excludes halogenated alkanes) is 2. The van der Waals surface area contributed by atoms with Crippen LogP contribution in [0.4, 0.5) is 0 Å². The molecule has 32 heavy (non-hydrogen) atoms. The zero-order chi connectivity index (χ0) is 22.8. The van der Waals surface area contributed by atoms with E-state index in [-0.39, 0.29) is 5.91 Å². The molecule has 1 aromatic carbocycles. The molecule has 1 amide bonds. The van der Waals surface area contributed by atoms with Crippen LogP contribution in [0.15, 0.2) is 40.6 Å². The molecule has 0 aliphatic heterocycles. The standard InChI is InChI=1S/C20H29N9OS2/c1-3-27(4-2)17(30)15-32-20-24-23-19(29(20)21)31-14-10-6-9-13-28-25-18(22-26-28)16-11-7-5-8-12-16/h5,7-8,11-12H,3-4,6,9-10,13-15,21H2,1-2H3. The first-order valence-electron chi connectivity index (χ1n) is 10.7. The van der Waals surface area contributed by atoms with Gasteiger partial charge in [-0.2, -0.15) is 4.80 Å². The normalized spacial score (nSPS) is 11.1. The zero-order valence-electron chi connectivity index (χ0n) is 18.4. The number of aromatic nitrogens is 7. The van der Waals surface area contributed by atoms with E-state index in [1.54, 1.807) is 21.5 Å². The van der Waals surface area contributed by atoms with Gasteiger partial charge in [0.2, 0.25) is 22.0 Å². The van der Waals surface area contributed by atoms with Gasteiger partial charge in [-0.25, -0.2) is 4.68 Å². The molecule has 0 atom stereocenters. The van der Waals surface area contributed by atoms with Crippen molar-refractivity contribution in [2.75, 3.05) is 30.4 Å². The fourth-order valence-corrected chi connectivity index (χ4v) is 4.66. The number of carbonyl (C=O) groups excluding carboxylic acids is 1. The van der Waals surface area contributed by atoms with E-state index >= 15 is 0 Å². The van der Waals surface area contributed by atoms with Gasteiger partial charge in [-0.3, -0.25) is 4.79 Å². The quantitative estimate of drug-likeness (QED) is 0.226. The summed E-state index contributed by atoms with van der Waals surface area (Å²) in [6, 6.07) is 9.84. The van der Waals surface area contributed by atoms with Crippen LogP contribution in [0.5, 0.6) is 0 Å². The molecule has 2 N–H and O–H groups in total. The van der Waals surface area contributed by atoms with Crippen molar-refractivity contribution in [2.24, 2.45) is 0 Å². The van der Waals surface area contributed by atoms with Gasteiger partial charge in [0.05, 0.1) is 12.3 Å². The highest BCUT2D eigenvalue weighted by atomic mass is 32.2. The van der Waals surface area contributed by atoms with Crippen LogP contribution >= 0.6 is 23.5 Å². The second-order valence-corrected chi connectivity index (χ2v) is 8.98. The molecule has 3 aromatic rings. The predicted octanol–water partition coefficient (Wildman–Crippen LogP) is 2.57. The van der Waals surface area contributed by atoms with Crippen molar-refractivity contribution < 1.29 is 4.79 Å². The Morgan fingerprint density at radius 1 is 1.00 bits per heavy atom. The van der Waals surface area contributed by atoms with Crippen LogP contribution < -0.4 is 5.84 Å². The molecule has 0 saturated carbocycles. The number of rotatable bonds is 13. The molecule has 0 aliphatic rings. The highest BCUT2D eigenvalue weighted by Crippen LogP contribution is 2.22. The van der Waals surface area contributed by atoms with Crippen LogP contribution in [-0.4, -0.2) is 70.5 Å². The van der Waals surface area contributed by atoms with Gasteiger partial charge in [-0.15, -0.1) is 20.4 Å². The molecule has 12 heteroatoms. The van der Waals surface area contributed by atoms with E-state index in [1.807, 2.05) is 44.2 Å². The van der Waals surface area contributed by atoms with Gasteiger partial charge in [-0.1, -0.05) is 60.3 Å². The third-order valence-electron chi connectivity index (χ3n) is 4.79. The first kappa shape index (κ1) is 24.1. The van der Waals surface area contributed by atoms with Crippen molar-refractivity contribution in [3.8, 4) is 11.4 Å². The summed E-state index contributed by atoms with van der Waals surface area (Å²) in [4.78, 5) is 15.6. The molecule has 0 aliphatic carbocycles. The number of nitrogen functional groups attached to an aromatic ring is 1. The van der Waals surface area contributed by atoms with Gasteiger partial charge in [0.1, 0.15) is 0 Å². The van der Waals surface area contributed by atoms with E-state index in [0.717, 1.165) is 37.1 Å². The minimum Gasteiger partial charge on any atom is -0.343 e. The first-order chi connectivity index (χ1) is 15.6. The van der Waals surface area contributed by atoms with Gasteiger partial charge < -0.3 is 10.7 Å². The summed E-state index contributed by atoms with van der Waals surface area (Å²) < 4.78 is 1.47. The number of amides is 1. The van der Waals surface area contributed by atoms with Gasteiger partial charge in [0.25, 0.3) is 0 Å². The molecule has 0 unspecified atom stereocenters. The minimum absolute atomic E-state index is 0.0787. The summed E-state index contributed by atoms with van der Waals surface area (Å²) >= 11 is 2.89. The number of carbonyl (C=O) groups is 1. The summed E-state index contributed by atoms with van der Waals surface area (Å²) in [5, 5.41) is 22.2. The number of nitrogens with two attached hydrogens (primary N) is 1. The van der Waals surface area contributed by atoms with Crippen molar-refractivity contribution in [1.82, 2.24) is 40.0 Å². The first-order valence-corrected chi connectivity index (χ1v) is 12.7. The van der Waals surface area contributed by atoms with E-state index < -0.39 is 0 Å². The Morgan fingerprint density at radius 3 is 2.44 bits per heavy atom. The van der Waals surface area contributed by atoms with E-state index in [2.05, 4.69) is 25.6 Å². The highest BCUT2D eigenvalue weighted by molar-refractivity contribution is 8.00. The Labute approximate surface area is 196 Å². The third kappa shape index (κ3) is 6.70. The minimum atomic E-state index is 0.0787. The highest BCUT2D eigenvalue weighted by Gasteiger charge is 2.15. The van der Waals surface area contributed by atoms with Crippen LogP contribution in [-0.2, 0) is 11.3 Å². The van der Waals surface area contributed by atoms with Gasteiger partial charge in [0, 0.05) is 24.4 Å². The van der Waals surface area contributed by atoms with Crippen LogP contribution in [0.25, 0.3) is 11.4 Å². The molecule has 172 valence electrons. The molecular weight excluding hydrogens is 446 g/mol. The van der Waals surface area contributed by atoms with E-state index in [9.17, 15) is 4.79 Å². The Bertz CT molecular complexity index is 973. The lowest BCUT2D eigenvalue weighted by atomic mass is 10.2. The number of hydrogen-bond donors (Lipinski definition) is 1. The smallest absolute Gasteiger partial charge is 0.233 e. The van der Waals surface area contributed by atoms with Crippen molar-refractivity contribution in [3.63, 3.8) is 0 Å². The van der Waals surface area contributed by atoms with Crippen LogP contribution in [0.1, 0.15) is 33.1 Å². The third-order valence-corrected chi connectivity index (χ3v) is 6.75. The van der Waals surface area contributed by atoms with E-state index in [0.29, 0.717) is 35.0 Å². The van der Waals surface area contributed by atoms with Crippen molar-refractivity contribution >= 4 is 29.4 Å². The molecule has 2 heterocycles. The number of benzene rings is 1. The second kappa shape index (κ2) is 12.4. The summed E-state index contributed by atoms with van der Waals surface area (Å²) in [7, 11) is 0. The van der Waals surface area contributed by atoms with Crippen molar-refractivity contribution in [1.29, 1.82) is 0 Å². The average Bonchev–Trinajstić information content (AvgIpc) is 3.43. The van der Waals surface area contributed by atoms with Crippen molar-refractivity contribution in [3.05, 3.63) is 30.3 Å². The van der Waals surface area contributed by atoms with Gasteiger partial charge in [-0.05, 0) is 31.9 Å². The monoisotopic (exact) mass is 475 g/mol. The molecule has 0 radical (unpaired) electrons. The van der Waals surface area contributed by atoms with Crippen LogP contribution in [0.2, 0.25) is 0 Å². The van der Waals surface area contributed by atoms with E-state index in [1.165, 1.54) is 16.4 Å². The second-order valence-electron chi connectivity index (χ2n) is 6.97. The molecule has 2 aromatic heterocycles. The lowest BCUT2D eigenvalue weighted by Gasteiger charge is -2.17. The molecule has 10 nitrogen and oxygen atoms in total. The maximum absolute atomic E-state index is 12.1. The molecule has 0 saturated heterocycles. The number of aryl methyl sites for hydroxylation is 1. The topological polar surface area (TPSA) is 121 Å². The molecule has 3 rings (SSSR count). The molecular formula is C20H29N9OS2. The largest absolute Gasteiger partial charge is 0.343 e. The Kier molecular flexibility index (Phi) is 9.35. The number of thioether (sulfide) groups is 2. The van der Waals surface area contributed by atoms with Gasteiger partial charge >= 0.3 is 0 Å². The maximum Gasteiger partial charge on any atom is 0.233 e. The summed E-state index contributed by atoms with van der Waals surface area (Å²) in [5.41, 5.74) is 0.969. The molecule has 0 bridgehead atoms. The lowest BCUT2D eigenvalue weighted by Crippen LogP contribution is -2.32. The fraction of sp³-hybridized carbons (Fsp3) is 0.500. The summed E-state index contributed by atoms with van der Waals surface area (Å²) in [6.45, 7) is 6.08. The molecule has 0 fully saturated rings. The lowest BCUT2D eigenvalue weighted by molar-refractivity contribution is -0.127. The number of nitrogens with zero attached hydrogens (tertiary/aromatic N) is 8. The summed E-state index contributed by atoms with van der Waals surface area (Å²) in [6.07, 6.45) is 3.02. The van der Waals surface area contributed by atoms with Crippen LogP contribution in [0, 0.1) is 0 Å². The Morgan fingerprint density at radius 2 is 1.72 bits per heavy atom. The predicted molar refractivity (Wildman–Crippen MR) is 127 cm³/mol. The van der Waals surface area contributed by atoms with Crippen molar-refractivity contribution in [2.45, 2.75) is 50.0 Å². The SMILES string of the molecule is CCN(CC)C(=O)CSc1nnc(SCCCCCn2nnc(-c3ccccc3)n2)n1N. The fourth-order valence-electron chi connectivity index (χ4n) is 2.99. The maximum atomic E-state index is 12.1. The van der Waals surface area contributed by atoms with Crippen LogP contribution in [0.3, 0.4) is 0 Å². The van der Waals surface area contributed by atoms with Gasteiger partial charge in [0.15, 0.2) is 0 Å². The summed E-state index contributed by atoms with van der Waals surface area (Å²) in [5.74, 6) is 8.02. The molecule has 0 spiro atoms. The average molecular weight is 476 g/mol. The number of hydrogen-bond acceptors (Lipinski definition) is 9. The Balaban J connectivity index is 1.34. The number of tetrazole rings is 1. The Hall–Kier alpha value is -2.60. The zero-order valence-corrected chi connectivity index (χ0v) is 20.1. The van der Waals surface area contributed by atoms with E-state index in [4.69, 9.17) is 5.84 Å².